The molecule has 3 rings (SSSR count). The van der Waals surface area contributed by atoms with Crippen LogP contribution in [0.4, 0.5) is 0 Å². The van der Waals surface area contributed by atoms with E-state index in [0.29, 0.717) is 23.0 Å². The summed E-state index contributed by atoms with van der Waals surface area (Å²) in [6.07, 6.45) is 1.22. The summed E-state index contributed by atoms with van der Waals surface area (Å²) in [6, 6.07) is 14.1. The number of nitrogens with one attached hydrogen (secondary N) is 1. The minimum absolute atomic E-state index is 0.0119. The van der Waals surface area contributed by atoms with Crippen molar-refractivity contribution in [2.75, 3.05) is 14.1 Å². The van der Waals surface area contributed by atoms with Crippen molar-refractivity contribution in [3.8, 4) is 0 Å². The number of amides is 2. The molecule has 7 heteroatoms. The number of hydrogen-bond acceptors (Lipinski definition) is 4. The topological polar surface area (TPSA) is 84.3 Å². The van der Waals surface area contributed by atoms with Gasteiger partial charge in [-0.05, 0) is 29.8 Å². The van der Waals surface area contributed by atoms with Crippen molar-refractivity contribution in [1.82, 2.24) is 20.0 Å². The molecular weight excluding hydrogens is 344 g/mol. The highest BCUT2D eigenvalue weighted by molar-refractivity contribution is 5.93. The number of hydrogen-bond donors (Lipinski definition) is 1. The Labute approximate surface area is 156 Å². The molecule has 0 atom stereocenters. The normalized spacial score (nSPS) is 10.6. The number of carbonyl (C=O) groups excluding carboxylic acids is 2. The Hall–Kier alpha value is -3.48. The Bertz CT molecular complexity index is 1040. The largest absolute Gasteiger partial charge is 0.350 e. The van der Waals surface area contributed by atoms with E-state index in [2.05, 4.69) is 10.4 Å². The van der Waals surface area contributed by atoms with Gasteiger partial charge in [0.05, 0.1) is 11.7 Å². The highest BCUT2D eigenvalue weighted by Gasteiger charge is 2.09. The zero-order chi connectivity index (χ0) is 19.4. The van der Waals surface area contributed by atoms with Gasteiger partial charge in [0, 0.05) is 31.6 Å². The Kier molecular flexibility index (Phi) is 5.30. The molecule has 0 aliphatic rings. The monoisotopic (exact) mass is 364 g/mol. The summed E-state index contributed by atoms with van der Waals surface area (Å²) in [7, 11) is 3.40. The van der Waals surface area contributed by atoms with Gasteiger partial charge in [-0.2, -0.15) is 5.10 Å². The maximum atomic E-state index is 12.3. The van der Waals surface area contributed by atoms with Crippen LogP contribution in [0, 0.1) is 0 Å². The van der Waals surface area contributed by atoms with E-state index < -0.39 is 0 Å². The molecular formula is C20H20N4O3. The first kappa shape index (κ1) is 18.3. The smallest absolute Gasteiger partial charge is 0.253 e. The fourth-order valence-corrected chi connectivity index (χ4v) is 2.70. The van der Waals surface area contributed by atoms with Gasteiger partial charge in [-0.15, -0.1) is 0 Å². The molecule has 0 spiro atoms. The third-order valence-corrected chi connectivity index (χ3v) is 4.15. The van der Waals surface area contributed by atoms with Crippen molar-refractivity contribution in [3.05, 3.63) is 76.1 Å². The van der Waals surface area contributed by atoms with Crippen LogP contribution >= 0.6 is 0 Å². The molecule has 138 valence electrons. The molecule has 2 aromatic carbocycles. The summed E-state index contributed by atoms with van der Waals surface area (Å²) < 4.78 is 1.50. The molecule has 0 saturated heterocycles. The van der Waals surface area contributed by atoms with Gasteiger partial charge in [0.25, 0.3) is 5.91 Å². The number of benzene rings is 2. The molecule has 0 saturated carbocycles. The van der Waals surface area contributed by atoms with Crippen LogP contribution in [0.1, 0.15) is 15.9 Å². The van der Waals surface area contributed by atoms with Crippen molar-refractivity contribution in [2.45, 2.75) is 13.1 Å². The van der Waals surface area contributed by atoms with Crippen molar-refractivity contribution >= 4 is 22.7 Å². The van der Waals surface area contributed by atoms with Crippen molar-refractivity contribution in [1.29, 1.82) is 0 Å². The predicted molar refractivity (Wildman–Crippen MR) is 102 cm³/mol. The molecule has 0 bridgehead atoms. The first-order chi connectivity index (χ1) is 13.0. The number of rotatable bonds is 5. The van der Waals surface area contributed by atoms with Crippen LogP contribution < -0.4 is 10.7 Å². The second-order valence-corrected chi connectivity index (χ2v) is 6.36. The van der Waals surface area contributed by atoms with Gasteiger partial charge < -0.3 is 10.2 Å². The Morgan fingerprint density at radius 1 is 1.07 bits per heavy atom. The van der Waals surface area contributed by atoms with E-state index >= 15 is 0 Å². The molecule has 0 aliphatic heterocycles. The van der Waals surface area contributed by atoms with Crippen LogP contribution in [-0.2, 0) is 17.9 Å². The summed E-state index contributed by atoms with van der Waals surface area (Å²) in [4.78, 5) is 37.5. The minimum atomic E-state index is -0.218. The predicted octanol–water partition coefficient (Wildman–Crippen LogP) is 1.41. The summed E-state index contributed by atoms with van der Waals surface area (Å²) in [6.45, 7) is 0.353. The lowest BCUT2D eigenvalue weighted by Gasteiger charge is -2.11. The number of carbonyl (C=O) groups is 2. The third-order valence-electron chi connectivity index (χ3n) is 4.15. The van der Waals surface area contributed by atoms with E-state index in [-0.39, 0.29) is 23.8 Å². The van der Waals surface area contributed by atoms with Gasteiger partial charge >= 0.3 is 0 Å². The summed E-state index contributed by atoms with van der Waals surface area (Å²) in [5.74, 6) is -0.286. The zero-order valence-corrected chi connectivity index (χ0v) is 15.2. The maximum Gasteiger partial charge on any atom is 0.253 e. The molecule has 7 nitrogen and oxygen atoms in total. The molecule has 0 unspecified atom stereocenters. The van der Waals surface area contributed by atoms with Gasteiger partial charge in [-0.3, -0.25) is 19.1 Å². The molecule has 1 aromatic heterocycles. The number of para-hydroxylation sites is 1. The SMILES string of the molecule is CN(C)C(=O)c1ccc(CNC(=O)Cn2ncc(=O)c3ccccc32)cc1. The van der Waals surface area contributed by atoms with Crippen LogP contribution in [0.15, 0.2) is 59.5 Å². The lowest BCUT2D eigenvalue weighted by molar-refractivity contribution is -0.121. The fourth-order valence-electron chi connectivity index (χ4n) is 2.70. The fraction of sp³-hybridized carbons (Fsp3) is 0.200. The summed E-state index contributed by atoms with van der Waals surface area (Å²) in [5.41, 5.74) is 1.93. The molecule has 0 aliphatic carbocycles. The van der Waals surface area contributed by atoms with Crippen LogP contribution in [0.3, 0.4) is 0 Å². The first-order valence-corrected chi connectivity index (χ1v) is 8.48. The van der Waals surface area contributed by atoms with E-state index in [1.165, 1.54) is 15.8 Å². The van der Waals surface area contributed by atoms with E-state index in [4.69, 9.17) is 0 Å². The first-order valence-electron chi connectivity index (χ1n) is 8.48. The van der Waals surface area contributed by atoms with Crippen LogP contribution in [0.2, 0.25) is 0 Å². The number of nitrogens with zero attached hydrogens (tertiary/aromatic N) is 3. The second kappa shape index (κ2) is 7.82. The number of fused-ring (bicyclic) bond motifs is 1. The quantitative estimate of drug-likeness (QED) is 0.742. The van der Waals surface area contributed by atoms with Crippen LogP contribution in [0.5, 0.6) is 0 Å². The second-order valence-electron chi connectivity index (χ2n) is 6.36. The van der Waals surface area contributed by atoms with E-state index in [0.717, 1.165) is 5.56 Å². The summed E-state index contributed by atoms with van der Waals surface area (Å²) in [5, 5.41) is 7.40. The van der Waals surface area contributed by atoms with E-state index in [1.54, 1.807) is 50.5 Å². The Morgan fingerprint density at radius 2 is 1.78 bits per heavy atom. The van der Waals surface area contributed by atoms with Gasteiger partial charge in [0.1, 0.15) is 6.54 Å². The molecule has 27 heavy (non-hydrogen) atoms. The molecule has 1 N–H and O–H groups in total. The van der Waals surface area contributed by atoms with Crippen molar-refractivity contribution < 1.29 is 9.59 Å². The van der Waals surface area contributed by atoms with Gasteiger partial charge in [-0.1, -0.05) is 24.3 Å². The number of aromatic nitrogens is 2. The Morgan fingerprint density at radius 3 is 2.48 bits per heavy atom. The average Bonchev–Trinajstić information content (AvgIpc) is 2.68. The molecule has 0 fully saturated rings. The lowest BCUT2D eigenvalue weighted by atomic mass is 10.1. The average molecular weight is 364 g/mol. The Balaban J connectivity index is 1.65. The van der Waals surface area contributed by atoms with E-state index in [9.17, 15) is 14.4 Å². The standard InChI is InChI=1S/C20H20N4O3/c1-23(2)20(27)15-9-7-14(8-10-15)11-21-19(26)13-24-17-6-4-3-5-16(17)18(25)12-22-24/h3-10,12H,11,13H2,1-2H3,(H,21,26). The highest BCUT2D eigenvalue weighted by Crippen LogP contribution is 2.08. The van der Waals surface area contributed by atoms with Gasteiger partial charge in [0.15, 0.2) is 0 Å². The van der Waals surface area contributed by atoms with Gasteiger partial charge in [0.2, 0.25) is 11.3 Å². The maximum absolute atomic E-state index is 12.3. The van der Waals surface area contributed by atoms with Crippen molar-refractivity contribution in [3.63, 3.8) is 0 Å². The van der Waals surface area contributed by atoms with Gasteiger partial charge in [-0.25, -0.2) is 0 Å². The minimum Gasteiger partial charge on any atom is -0.350 e. The molecule has 0 radical (unpaired) electrons. The van der Waals surface area contributed by atoms with E-state index in [1.807, 2.05) is 12.1 Å². The third kappa shape index (κ3) is 4.20. The zero-order valence-electron chi connectivity index (χ0n) is 15.2. The highest BCUT2D eigenvalue weighted by atomic mass is 16.2. The molecule has 2 amide bonds. The lowest BCUT2D eigenvalue weighted by Crippen LogP contribution is -2.28. The molecule has 3 aromatic rings. The van der Waals surface area contributed by atoms with Crippen LogP contribution in [0.25, 0.3) is 10.9 Å². The van der Waals surface area contributed by atoms with Crippen molar-refractivity contribution in [2.24, 2.45) is 0 Å². The molecule has 1 heterocycles. The summed E-state index contributed by atoms with van der Waals surface area (Å²) >= 11 is 0. The van der Waals surface area contributed by atoms with Crippen LogP contribution in [-0.4, -0.2) is 40.6 Å².